The summed E-state index contributed by atoms with van der Waals surface area (Å²) in [6, 6.07) is 11.4. The molecule has 0 aliphatic carbocycles. The lowest BCUT2D eigenvalue weighted by Gasteiger charge is -2.21. The molecule has 1 aromatic carbocycles. The first-order chi connectivity index (χ1) is 9.81. The number of hydrogen-bond acceptors (Lipinski definition) is 2. The van der Waals surface area contributed by atoms with Crippen LogP contribution in [0.4, 0.5) is 0 Å². The van der Waals surface area contributed by atoms with E-state index in [1.165, 1.54) is 16.8 Å². The number of likely N-dealkylation sites (N-methyl/N-ethyl adjacent to an activating group) is 1. The Hall–Kier alpha value is -1.61. The highest BCUT2D eigenvalue weighted by Gasteiger charge is 2.16. The molecule has 114 valence electrons. The van der Waals surface area contributed by atoms with Crippen molar-refractivity contribution in [1.82, 2.24) is 15.1 Å². The molecular weight excluding hydrogens is 258 g/mol. The van der Waals surface area contributed by atoms with Crippen molar-refractivity contribution in [2.45, 2.75) is 45.6 Å². The summed E-state index contributed by atoms with van der Waals surface area (Å²) >= 11 is 0. The number of hydrogen-bond donors (Lipinski definition) is 1. The van der Waals surface area contributed by atoms with Crippen LogP contribution in [0.25, 0.3) is 0 Å². The van der Waals surface area contributed by atoms with Gasteiger partial charge in [-0.3, -0.25) is 4.68 Å². The summed E-state index contributed by atoms with van der Waals surface area (Å²) in [5.41, 5.74) is 5.23. The summed E-state index contributed by atoms with van der Waals surface area (Å²) in [5.74, 6) is 0. The summed E-state index contributed by atoms with van der Waals surface area (Å²) in [7, 11) is 4.03. The third-order valence-corrected chi connectivity index (χ3v) is 4.04. The lowest BCUT2D eigenvalue weighted by atomic mass is 9.86. The van der Waals surface area contributed by atoms with Crippen LogP contribution >= 0.6 is 0 Å². The topological polar surface area (TPSA) is 29.9 Å². The van der Waals surface area contributed by atoms with Gasteiger partial charge >= 0.3 is 0 Å². The molecule has 0 aliphatic heterocycles. The van der Waals surface area contributed by atoms with Crippen molar-refractivity contribution in [3.05, 3.63) is 52.8 Å². The zero-order valence-electron chi connectivity index (χ0n) is 14.1. The van der Waals surface area contributed by atoms with Gasteiger partial charge in [0.15, 0.2) is 0 Å². The van der Waals surface area contributed by atoms with E-state index < -0.39 is 0 Å². The van der Waals surface area contributed by atoms with Crippen LogP contribution in [0.3, 0.4) is 0 Å². The van der Waals surface area contributed by atoms with E-state index >= 15 is 0 Å². The first-order valence-electron chi connectivity index (χ1n) is 7.58. The zero-order chi connectivity index (χ0) is 15.6. The Morgan fingerprint density at radius 1 is 1.19 bits per heavy atom. The summed E-state index contributed by atoms with van der Waals surface area (Å²) < 4.78 is 1.98. The molecule has 0 radical (unpaired) electrons. The molecule has 0 aliphatic rings. The van der Waals surface area contributed by atoms with Crippen LogP contribution in [-0.2, 0) is 18.9 Å². The van der Waals surface area contributed by atoms with Crippen LogP contribution in [0.5, 0.6) is 0 Å². The van der Waals surface area contributed by atoms with Gasteiger partial charge in [-0.15, -0.1) is 0 Å². The summed E-state index contributed by atoms with van der Waals surface area (Å²) in [6.07, 6.45) is 0.947. The molecule has 0 bridgehead atoms. The van der Waals surface area contributed by atoms with E-state index in [4.69, 9.17) is 0 Å². The fourth-order valence-corrected chi connectivity index (χ4v) is 2.67. The minimum atomic E-state index is 0.201. The van der Waals surface area contributed by atoms with Gasteiger partial charge in [-0.2, -0.15) is 5.10 Å². The van der Waals surface area contributed by atoms with E-state index in [-0.39, 0.29) is 5.41 Å². The molecule has 3 nitrogen and oxygen atoms in total. The van der Waals surface area contributed by atoms with E-state index in [9.17, 15) is 0 Å². The minimum Gasteiger partial charge on any atom is -0.313 e. The lowest BCUT2D eigenvalue weighted by Crippen LogP contribution is -2.20. The summed E-state index contributed by atoms with van der Waals surface area (Å²) in [4.78, 5) is 0. The maximum absolute atomic E-state index is 4.43. The van der Waals surface area contributed by atoms with Crippen LogP contribution in [0.1, 0.15) is 49.3 Å². The number of aryl methyl sites for hydroxylation is 2. The van der Waals surface area contributed by atoms with E-state index in [0.29, 0.717) is 6.04 Å². The van der Waals surface area contributed by atoms with Crippen molar-refractivity contribution in [2.24, 2.45) is 7.05 Å². The average Bonchev–Trinajstić information content (AvgIpc) is 2.73. The van der Waals surface area contributed by atoms with Crippen molar-refractivity contribution in [1.29, 1.82) is 0 Å². The number of benzene rings is 1. The fraction of sp³-hybridized carbons (Fsp3) is 0.500. The molecule has 1 aromatic heterocycles. The quantitative estimate of drug-likeness (QED) is 0.931. The SMILES string of the molecule is CNC(Cc1cc(C)nn1C)c1ccc(C(C)(C)C)cc1. The molecule has 0 fully saturated rings. The average molecular weight is 285 g/mol. The highest BCUT2D eigenvalue weighted by atomic mass is 15.3. The number of nitrogens with one attached hydrogen (secondary N) is 1. The Morgan fingerprint density at radius 2 is 1.81 bits per heavy atom. The van der Waals surface area contributed by atoms with Crippen LogP contribution in [0.15, 0.2) is 30.3 Å². The second kappa shape index (κ2) is 6.02. The van der Waals surface area contributed by atoms with Crippen molar-refractivity contribution >= 4 is 0 Å². The summed E-state index contributed by atoms with van der Waals surface area (Å²) in [6.45, 7) is 8.78. The van der Waals surface area contributed by atoms with Crippen LogP contribution in [-0.4, -0.2) is 16.8 Å². The van der Waals surface area contributed by atoms with E-state index in [1.807, 2.05) is 25.7 Å². The van der Waals surface area contributed by atoms with Gasteiger partial charge in [-0.05, 0) is 36.6 Å². The van der Waals surface area contributed by atoms with Gasteiger partial charge in [0.05, 0.1) is 5.69 Å². The maximum Gasteiger partial charge on any atom is 0.0596 e. The molecule has 1 atom stereocenters. The predicted octanol–water partition coefficient (Wildman–Crippen LogP) is 3.53. The third-order valence-electron chi connectivity index (χ3n) is 4.04. The lowest BCUT2D eigenvalue weighted by molar-refractivity contribution is 0.558. The Morgan fingerprint density at radius 3 is 2.24 bits per heavy atom. The third kappa shape index (κ3) is 3.73. The van der Waals surface area contributed by atoms with E-state index in [2.05, 4.69) is 61.5 Å². The first-order valence-corrected chi connectivity index (χ1v) is 7.58. The molecule has 3 heteroatoms. The number of aromatic nitrogens is 2. The van der Waals surface area contributed by atoms with E-state index in [0.717, 1.165) is 12.1 Å². The van der Waals surface area contributed by atoms with Gasteiger partial charge in [0, 0.05) is 25.2 Å². The van der Waals surface area contributed by atoms with Crippen molar-refractivity contribution in [3.8, 4) is 0 Å². The minimum absolute atomic E-state index is 0.201. The van der Waals surface area contributed by atoms with Gasteiger partial charge < -0.3 is 5.32 Å². The van der Waals surface area contributed by atoms with Gasteiger partial charge in [0.2, 0.25) is 0 Å². The van der Waals surface area contributed by atoms with Gasteiger partial charge in [-0.1, -0.05) is 45.0 Å². The highest BCUT2D eigenvalue weighted by molar-refractivity contribution is 5.30. The largest absolute Gasteiger partial charge is 0.313 e. The van der Waals surface area contributed by atoms with Gasteiger partial charge in [0.1, 0.15) is 0 Å². The smallest absolute Gasteiger partial charge is 0.0596 e. The van der Waals surface area contributed by atoms with E-state index in [1.54, 1.807) is 0 Å². The molecule has 0 spiro atoms. The number of rotatable bonds is 4. The summed E-state index contributed by atoms with van der Waals surface area (Å²) in [5, 5.41) is 7.85. The Labute approximate surface area is 128 Å². The number of nitrogens with zero attached hydrogens (tertiary/aromatic N) is 2. The molecule has 0 saturated carbocycles. The molecule has 2 rings (SSSR count). The van der Waals surface area contributed by atoms with Crippen LogP contribution in [0.2, 0.25) is 0 Å². The monoisotopic (exact) mass is 285 g/mol. The van der Waals surface area contributed by atoms with Crippen molar-refractivity contribution in [3.63, 3.8) is 0 Å². The Balaban J connectivity index is 2.20. The second-order valence-electron chi connectivity index (χ2n) is 6.82. The molecule has 2 aromatic rings. The van der Waals surface area contributed by atoms with Gasteiger partial charge in [0.25, 0.3) is 0 Å². The molecule has 21 heavy (non-hydrogen) atoms. The van der Waals surface area contributed by atoms with Crippen molar-refractivity contribution < 1.29 is 0 Å². The Bertz CT molecular complexity index is 588. The Kier molecular flexibility index (Phi) is 4.52. The standard InChI is InChI=1S/C18H27N3/c1-13-11-16(21(6)20-13)12-17(19-5)14-7-9-15(10-8-14)18(2,3)4/h7-11,17,19H,12H2,1-6H3. The molecule has 0 saturated heterocycles. The zero-order valence-corrected chi connectivity index (χ0v) is 14.1. The maximum atomic E-state index is 4.43. The molecule has 0 amide bonds. The normalized spacial score (nSPS) is 13.4. The second-order valence-corrected chi connectivity index (χ2v) is 6.82. The fourth-order valence-electron chi connectivity index (χ4n) is 2.67. The highest BCUT2D eigenvalue weighted by Crippen LogP contribution is 2.25. The molecule has 1 unspecified atom stereocenters. The van der Waals surface area contributed by atoms with Crippen LogP contribution in [0, 0.1) is 6.92 Å². The van der Waals surface area contributed by atoms with Gasteiger partial charge in [-0.25, -0.2) is 0 Å². The molecule has 1 heterocycles. The molecular formula is C18H27N3. The first kappa shape index (κ1) is 15.8. The molecule has 1 N–H and O–H groups in total. The van der Waals surface area contributed by atoms with Crippen LogP contribution < -0.4 is 5.32 Å². The van der Waals surface area contributed by atoms with Crippen molar-refractivity contribution in [2.75, 3.05) is 7.05 Å². The predicted molar refractivity (Wildman–Crippen MR) is 88.6 cm³/mol.